The van der Waals surface area contributed by atoms with E-state index in [2.05, 4.69) is 51.8 Å². The number of hydrogen-bond acceptors (Lipinski definition) is 2. The maximum atomic E-state index is 6.06. The van der Waals surface area contributed by atoms with Crippen molar-refractivity contribution in [3.8, 4) is 0 Å². The Balaban J connectivity index is 2.18. The summed E-state index contributed by atoms with van der Waals surface area (Å²) in [7, 11) is 2.19. The zero-order valence-electron chi connectivity index (χ0n) is 14.1. The van der Waals surface area contributed by atoms with E-state index in [0.717, 1.165) is 11.5 Å². The van der Waals surface area contributed by atoms with E-state index in [-0.39, 0.29) is 0 Å². The van der Waals surface area contributed by atoms with Crippen LogP contribution in [-0.2, 0) is 5.88 Å². The van der Waals surface area contributed by atoms with Crippen molar-refractivity contribution in [3.05, 3.63) is 23.4 Å². The Morgan fingerprint density at radius 3 is 2.43 bits per heavy atom. The Bertz CT molecular complexity index is 472. The van der Waals surface area contributed by atoms with Gasteiger partial charge in [-0.3, -0.25) is 0 Å². The van der Waals surface area contributed by atoms with E-state index in [1.807, 2.05) is 0 Å². The zero-order chi connectivity index (χ0) is 15.6. The van der Waals surface area contributed by atoms with Gasteiger partial charge in [-0.2, -0.15) is 0 Å². The van der Waals surface area contributed by atoms with E-state index < -0.39 is 0 Å². The molecule has 1 heterocycles. The summed E-state index contributed by atoms with van der Waals surface area (Å²) in [4.78, 5) is 7.23. The fraction of sp³-hybridized carbons (Fsp3) is 0.722. The lowest BCUT2D eigenvalue weighted by molar-refractivity contribution is 0.222. The first-order valence-corrected chi connectivity index (χ1v) is 8.65. The molecule has 1 aliphatic rings. The third-order valence-electron chi connectivity index (χ3n) is 4.86. The van der Waals surface area contributed by atoms with Crippen molar-refractivity contribution in [2.45, 2.75) is 71.2 Å². The second-order valence-corrected chi connectivity index (χ2v) is 7.82. The summed E-state index contributed by atoms with van der Waals surface area (Å²) in [5, 5.41) is 0. The van der Waals surface area contributed by atoms with E-state index >= 15 is 0 Å². The fourth-order valence-electron chi connectivity index (χ4n) is 3.11. The number of hydrogen-bond donors (Lipinski definition) is 0. The van der Waals surface area contributed by atoms with Gasteiger partial charge in [-0.25, -0.2) is 4.98 Å². The van der Waals surface area contributed by atoms with Crippen LogP contribution in [0.3, 0.4) is 0 Å². The summed E-state index contributed by atoms with van der Waals surface area (Å²) >= 11 is 6.06. The maximum absolute atomic E-state index is 6.06. The van der Waals surface area contributed by atoms with Crippen LogP contribution in [0.5, 0.6) is 0 Å². The highest BCUT2D eigenvalue weighted by Gasteiger charge is 2.29. The molecular formula is C18H29ClN2. The van der Waals surface area contributed by atoms with Gasteiger partial charge in [0.25, 0.3) is 0 Å². The smallest absolute Gasteiger partial charge is 0.129 e. The van der Waals surface area contributed by atoms with Crippen molar-refractivity contribution >= 4 is 17.4 Å². The van der Waals surface area contributed by atoms with Crippen molar-refractivity contribution in [1.29, 1.82) is 0 Å². The third kappa shape index (κ3) is 4.12. The van der Waals surface area contributed by atoms with E-state index in [1.54, 1.807) is 0 Å². The zero-order valence-corrected chi connectivity index (χ0v) is 14.9. The largest absolute Gasteiger partial charge is 0.357 e. The predicted octanol–water partition coefficient (Wildman–Crippen LogP) is 5.35. The maximum Gasteiger partial charge on any atom is 0.129 e. The molecule has 21 heavy (non-hydrogen) atoms. The summed E-state index contributed by atoms with van der Waals surface area (Å²) in [6, 6.07) is 4.90. The molecule has 0 bridgehead atoms. The lowest BCUT2D eigenvalue weighted by Crippen LogP contribution is -2.37. The molecule has 0 radical (unpaired) electrons. The quantitative estimate of drug-likeness (QED) is 0.697. The van der Waals surface area contributed by atoms with Crippen LogP contribution in [0.4, 0.5) is 5.82 Å². The van der Waals surface area contributed by atoms with Crippen LogP contribution in [0.25, 0.3) is 0 Å². The Kier molecular flexibility index (Phi) is 5.19. The summed E-state index contributed by atoms with van der Waals surface area (Å²) in [5.41, 5.74) is 2.82. The highest BCUT2D eigenvalue weighted by molar-refractivity contribution is 6.17. The minimum absolute atomic E-state index is 0.436. The molecule has 1 aromatic heterocycles. The summed E-state index contributed by atoms with van der Waals surface area (Å²) in [5.74, 6) is 2.08. The number of rotatable bonds is 4. The Hall–Kier alpha value is -0.760. The van der Waals surface area contributed by atoms with Gasteiger partial charge in [0, 0.05) is 24.7 Å². The summed E-state index contributed by atoms with van der Waals surface area (Å²) in [6.07, 6.45) is 5.11. The minimum Gasteiger partial charge on any atom is -0.357 e. The van der Waals surface area contributed by atoms with Gasteiger partial charge in [0.05, 0.1) is 0 Å². The van der Waals surface area contributed by atoms with Gasteiger partial charge in [-0.1, -0.05) is 27.7 Å². The van der Waals surface area contributed by atoms with Gasteiger partial charge in [0.1, 0.15) is 5.82 Å². The Morgan fingerprint density at radius 2 is 1.90 bits per heavy atom. The molecular weight excluding hydrogens is 280 g/mol. The molecule has 0 aliphatic heterocycles. The van der Waals surface area contributed by atoms with E-state index in [9.17, 15) is 0 Å². The second-order valence-electron chi connectivity index (χ2n) is 7.55. The monoisotopic (exact) mass is 308 g/mol. The van der Waals surface area contributed by atoms with Gasteiger partial charge in [-0.15, -0.1) is 11.6 Å². The molecule has 118 valence electrons. The van der Waals surface area contributed by atoms with Crippen molar-refractivity contribution < 1.29 is 0 Å². The molecule has 1 fully saturated rings. The molecule has 3 heteroatoms. The van der Waals surface area contributed by atoms with Gasteiger partial charge >= 0.3 is 0 Å². The van der Waals surface area contributed by atoms with Crippen LogP contribution in [0.15, 0.2) is 12.1 Å². The summed E-state index contributed by atoms with van der Waals surface area (Å²) in [6.45, 7) is 9.14. The van der Waals surface area contributed by atoms with Crippen molar-refractivity contribution in [2.75, 3.05) is 11.9 Å². The minimum atomic E-state index is 0.436. The van der Waals surface area contributed by atoms with Crippen LogP contribution in [0.1, 0.15) is 70.6 Å². The van der Waals surface area contributed by atoms with Gasteiger partial charge in [0.15, 0.2) is 0 Å². The standard InChI is InChI=1S/C18H29ClN2/c1-13(2)16-10-14(12-19)11-17(20-16)21(5)15-6-8-18(3,4)9-7-15/h10-11,13,15H,6-9,12H2,1-5H3. The van der Waals surface area contributed by atoms with Crippen molar-refractivity contribution in [1.82, 2.24) is 4.98 Å². The van der Waals surface area contributed by atoms with Crippen LogP contribution >= 0.6 is 11.6 Å². The Morgan fingerprint density at radius 1 is 1.29 bits per heavy atom. The summed E-state index contributed by atoms with van der Waals surface area (Å²) < 4.78 is 0. The normalized spacial score (nSPS) is 19.0. The number of anilines is 1. The number of aromatic nitrogens is 1. The SMILES string of the molecule is CC(C)c1cc(CCl)cc(N(C)C2CCC(C)(C)CC2)n1. The van der Waals surface area contributed by atoms with Crippen LogP contribution < -0.4 is 4.90 Å². The first kappa shape index (κ1) is 16.6. The number of halogens is 1. The predicted molar refractivity (Wildman–Crippen MR) is 92.3 cm³/mol. The second kappa shape index (κ2) is 6.56. The molecule has 0 amide bonds. The highest BCUT2D eigenvalue weighted by atomic mass is 35.5. The molecule has 2 nitrogen and oxygen atoms in total. The van der Waals surface area contributed by atoms with Crippen LogP contribution in [0, 0.1) is 5.41 Å². The van der Waals surface area contributed by atoms with Crippen LogP contribution in [-0.4, -0.2) is 18.1 Å². The fourth-order valence-corrected chi connectivity index (χ4v) is 3.26. The van der Waals surface area contributed by atoms with Gasteiger partial charge in [-0.05, 0) is 54.7 Å². The average molecular weight is 309 g/mol. The molecule has 0 unspecified atom stereocenters. The van der Waals surface area contributed by atoms with Crippen molar-refractivity contribution in [3.63, 3.8) is 0 Å². The molecule has 0 spiro atoms. The average Bonchev–Trinajstić information content (AvgIpc) is 2.46. The molecule has 2 rings (SSSR count). The molecule has 0 saturated heterocycles. The third-order valence-corrected chi connectivity index (χ3v) is 5.16. The first-order valence-electron chi connectivity index (χ1n) is 8.12. The molecule has 1 aromatic rings. The highest BCUT2D eigenvalue weighted by Crippen LogP contribution is 2.37. The number of pyridine rings is 1. The van der Waals surface area contributed by atoms with Crippen molar-refractivity contribution in [2.24, 2.45) is 5.41 Å². The first-order chi connectivity index (χ1) is 9.82. The number of alkyl halides is 1. The Labute approximate surface area is 134 Å². The van der Waals surface area contributed by atoms with Crippen LogP contribution in [0.2, 0.25) is 0 Å². The molecule has 0 aromatic carbocycles. The van der Waals surface area contributed by atoms with E-state index in [4.69, 9.17) is 16.6 Å². The number of nitrogens with zero attached hydrogens (tertiary/aromatic N) is 2. The molecule has 0 N–H and O–H groups in total. The van der Waals surface area contributed by atoms with E-state index in [1.165, 1.54) is 31.2 Å². The molecule has 1 saturated carbocycles. The molecule has 0 atom stereocenters. The van der Waals surface area contributed by atoms with Gasteiger partial charge in [0.2, 0.25) is 0 Å². The van der Waals surface area contributed by atoms with E-state index in [0.29, 0.717) is 23.3 Å². The lowest BCUT2D eigenvalue weighted by Gasteiger charge is -2.39. The topological polar surface area (TPSA) is 16.1 Å². The van der Waals surface area contributed by atoms with Gasteiger partial charge < -0.3 is 4.90 Å². The lowest BCUT2D eigenvalue weighted by atomic mass is 9.75. The molecule has 1 aliphatic carbocycles.